The molecule has 0 aromatic heterocycles. The fourth-order valence-corrected chi connectivity index (χ4v) is 4.72. The Labute approximate surface area is 198 Å². The van der Waals surface area contributed by atoms with Gasteiger partial charge in [0.15, 0.2) is 0 Å². The molecule has 0 amide bonds. The Balaban J connectivity index is 4.44. The second-order valence-corrected chi connectivity index (χ2v) is 12.3. The van der Waals surface area contributed by atoms with Gasteiger partial charge in [-0.15, -0.1) is 0 Å². The van der Waals surface area contributed by atoms with Crippen molar-refractivity contribution in [3.63, 3.8) is 0 Å². The van der Waals surface area contributed by atoms with Crippen LogP contribution in [0.2, 0.25) is 0 Å². The molecule has 0 rings (SSSR count). The van der Waals surface area contributed by atoms with Crippen LogP contribution in [-0.2, 0) is 19.1 Å². The molecule has 0 spiro atoms. The molecule has 0 aromatic rings. The Morgan fingerprint density at radius 2 is 1.41 bits per heavy atom. The van der Waals surface area contributed by atoms with Gasteiger partial charge in [0.05, 0.1) is 19.6 Å². The summed E-state index contributed by atoms with van der Waals surface area (Å²) in [4.78, 5) is 24.6. The van der Waals surface area contributed by atoms with Crippen LogP contribution in [0.1, 0.15) is 120 Å². The second-order valence-electron chi connectivity index (χ2n) is 12.3. The lowest BCUT2D eigenvalue weighted by Gasteiger charge is -2.35. The van der Waals surface area contributed by atoms with E-state index in [2.05, 4.69) is 62.3 Å². The third-order valence-corrected chi connectivity index (χ3v) is 6.03. The molecule has 0 aliphatic carbocycles. The van der Waals surface area contributed by atoms with Crippen LogP contribution in [0.4, 0.5) is 0 Å². The number of carbonyl (C=O) groups is 2. The third-order valence-electron chi connectivity index (χ3n) is 6.03. The molecule has 0 aliphatic heterocycles. The molecule has 0 saturated heterocycles. The number of hydrogen-bond acceptors (Lipinski definition) is 5. The van der Waals surface area contributed by atoms with Crippen LogP contribution in [0.15, 0.2) is 0 Å². The molecule has 190 valence electrons. The molecule has 0 bridgehead atoms. The molecule has 0 aliphatic rings. The van der Waals surface area contributed by atoms with Crippen LogP contribution in [0.25, 0.3) is 0 Å². The van der Waals surface area contributed by atoms with Gasteiger partial charge in [-0.2, -0.15) is 0 Å². The van der Waals surface area contributed by atoms with Gasteiger partial charge in [0.25, 0.3) is 0 Å². The van der Waals surface area contributed by atoms with Crippen molar-refractivity contribution in [2.75, 3.05) is 13.2 Å². The summed E-state index contributed by atoms with van der Waals surface area (Å²) in [5.74, 6) is -0.381. The van der Waals surface area contributed by atoms with E-state index in [1.807, 2.05) is 0 Å². The highest BCUT2D eigenvalue weighted by Crippen LogP contribution is 2.37. The maximum absolute atomic E-state index is 12.4. The summed E-state index contributed by atoms with van der Waals surface area (Å²) in [6.07, 6.45) is 8.94. The average molecular weight is 456 g/mol. The standard InChI is InChI=1S/C27H53NO4/c1-10-12-14-21(3)17-26(6,7)19-31-23(29)16-22(28)24(30)32-20-27(8,9)18-25(4,5)15-13-11-2/h21-22H,10-20,28H2,1-9H3/t21?,22-/m1/s1. The third kappa shape index (κ3) is 14.9. The van der Waals surface area contributed by atoms with Gasteiger partial charge in [-0.25, -0.2) is 0 Å². The minimum Gasteiger partial charge on any atom is -0.465 e. The van der Waals surface area contributed by atoms with E-state index < -0.39 is 18.0 Å². The monoisotopic (exact) mass is 455 g/mol. The van der Waals surface area contributed by atoms with Crippen molar-refractivity contribution in [3.05, 3.63) is 0 Å². The molecule has 5 heteroatoms. The summed E-state index contributed by atoms with van der Waals surface area (Å²) < 4.78 is 10.9. The van der Waals surface area contributed by atoms with E-state index in [0.29, 0.717) is 19.1 Å². The van der Waals surface area contributed by atoms with E-state index in [-0.39, 0.29) is 22.7 Å². The largest absolute Gasteiger partial charge is 0.465 e. The molecule has 5 nitrogen and oxygen atoms in total. The molecule has 0 fully saturated rings. The quantitative estimate of drug-likeness (QED) is 0.248. The van der Waals surface area contributed by atoms with Crippen molar-refractivity contribution in [3.8, 4) is 0 Å². The molecule has 0 saturated carbocycles. The Kier molecular flexibility index (Phi) is 13.7. The van der Waals surface area contributed by atoms with Gasteiger partial charge >= 0.3 is 11.9 Å². The lowest BCUT2D eigenvalue weighted by atomic mass is 9.73. The van der Waals surface area contributed by atoms with Gasteiger partial charge in [-0.3, -0.25) is 9.59 Å². The molecular weight excluding hydrogens is 402 g/mol. The molecule has 1 unspecified atom stereocenters. The zero-order valence-electron chi connectivity index (χ0n) is 22.6. The normalized spacial score (nSPS) is 14.7. The molecule has 0 aromatic carbocycles. The zero-order chi connectivity index (χ0) is 25.0. The van der Waals surface area contributed by atoms with Crippen molar-refractivity contribution in [1.29, 1.82) is 0 Å². The SMILES string of the molecule is CCCCC(C)CC(C)(C)COC(=O)C[C@@H](N)C(=O)OCC(C)(C)CC(C)(C)CCCC. The second kappa shape index (κ2) is 14.2. The summed E-state index contributed by atoms with van der Waals surface area (Å²) in [5, 5.41) is 0. The predicted octanol–water partition coefficient (Wildman–Crippen LogP) is 6.67. The van der Waals surface area contributed by atoms with E-state index in [1.165, 1.54) is 32.1 Å². The van der Waals surface area contributed by atoms with Gasteiger partial charge in [-0.1, -0.05) is 94.4 Å². The van der Waals surface area contributed by atoms with Crippen LogP contribution in [0.3, 0.4) is 0 Å². The summed E-state index contributed by atoms with van der Waals surface area (Å²) >= 11 is 0. The molecule has 0 heterocycles. The van der Waals surface area contributed by atoms with Crippen molar-refractivity contribution >= 4 is 11.9 Å². The lowest BCUT2D eigenvalue weighted by Crippen LogP contribution is -2.38. The Bertz CT molecular complexity index is 554. The maximum atomic E-state index is 12.4. The van der Waals surface area contributed by atoms with Crippen LogP contribution in [0.5, 0.6) is 0 Å². The Morgan fingerprint density at radius 1 is 0.844 bits per heavy atom. The number of esters is 2. The number of unbranched alkanes of at least 4 members (excludes halogenated alkanes) is 2. The van der Waals surface area contributed by atoms with Crippen LogP contribution >= 0.6 is 0 Å². The van der Waals surface area contributed by atoms with E-state index >= 15 is 0 Å². The average Bonchev–Trinajstić information content (AvgIpc) is 2.66. The van der Waals surface area contributed by atoms with E-state index in [9.17, 15) is 9.59 Å². The van der Waals surface area contributed by atoms with Gasteiger partial charge in [0.1, 0.15) is 6.04 Å². The summed E-state index contributed by atoms with van der Waals surface area (Å²) in [7, 11) is 0. The van der Waals surface area contributed by atoms with Gasteiger partial charge in [0, 0.05) is 0 Å². The lowest BCUT2D eigenvalue weighted by molar-refractivity contribution is -0.155. The minimum atomic E-state index is -0.988. The van der Waals surface area contributed by atoms with Gasteiger partial charge < -0.3 is 15.2 Å². The fourth-order valence-electron chi connectivity index (χ4n) is 4.72. The van der Waals surface area contributed by atoms with Crippen LogP contribution in [-0.4, -0.2) is 31.2 Å². The summed E-state index contributed by atoms with van der Waals surface area (Å²) in [6.45, 7) is 20.2. The highest BCUT2D eigenvalue weighted by Gasteiger charge is 2.31. The topological polar surface area (TPSA) is 78.6 Å². The Morgan fingerprint density at radius 3 is 1.97 bits per heavy atom. The van der Waals surface area contributed by atoms with Crippen molar-refractivity contribution in [2.45, 2.75) is 126 Å². The molecule has 2 atom stereocenters. The van der Waals surface area contributed by atoms with Gasteiger partial charge in [-0.05, 0) is 41.4 Å². The van der Waals surface area contributed by atoms with Crippen molar-refractivity contribution < 1.29 is 19.1 Å². The molecule has 2 N–H and O–H groups in total. The highest BCUT2D eigenvalue weighted by atomic mass is 16.5. The van der Waals surface area contributed by atoms with Crippen LogP contribution in [0, 0.1) is 22.2 Å². The number of rotatable bonds is 17. The van der Waals surface area contributed by atoms with E-state index in [4.69, 9.17) is 15.2 Å². The first-order valence-electron chi connectivity index (χ1n) is 12.7. The predicted molar refractivity (Wildman–Crippen MR) is 133 cm³/mol. The number of hydrogen-bond donors (Lipinski definition) is 1. The van der Waals surface area contributed by atoms with Gasteiger partial charge in [0.2, 0.25) is 0 Å². The minimum absolute atomic E-state index is 0.0952. The summed E-state index contributed by atoms with van der Waals surface area (Å²) in [6, 6.07) is -0.988. The Hall–Kier alpha value is -1.10. The molecule has 0 radical (unpaired) electrons. The smallest absolute Gasteiger partial charge is 0.323 e. The number of ether oxygens (including phenoxy) is 2. The van der Waals surface area contributed by atoms with E-state index in [0.717, 1.165) is 19.3 Å². The van der Waals surface area contributed by atoms with Crippen LogP contribution < -0.4 is 5.73 Å². The fraction of sp³-hybridized carbons (Fsp3) is 0.926. The number of carbonyl (C=O) groups excluding carboxylic acids is 2. The number of nitrogens with two attached hydrogens (primary N) is 1. The maximum Gasteiger partial charge on any atom is 0.323 e. The zero-order valence-corrected chi connectivity index (χ0v) is 22.6. The van der Waals surface area contributed by atoms with E-state index in [1.54, 1.807) is 0 Å². The van der Waals surface area contributed by atoms with Crippen molar-refractivity contribution in [1.82, 2.24) is 0 Å². The highest BCUT2D eigenvalue weighted by molar-refractivity contribution is 5.82. The molecular formula is C27H53NO4. The first-order chi connectivity index (χ1) is 14.6. The first kappa shape index (κ1) is 30.9. The first-order valence-corrected chi connectivity index (χ1v) is 12.7. The molecule has 32 heavy (non-hydrogen) atoms. The summed E-state index contributed by atoms with van der Waals surface area (Å²) in [5.41, 5.74) is 5.89. The van der Waals surface area contributed by atoms with Crippen molar-refractivity contribution in [2.24, 2.45) is 27.9 Å².